The Labute approximate surface area is 442 Å². The Hall–Kier alpha value is -3.84. The van der Waals surface area contributed by atoms with Crippen molar-refractivity contribution in [2.24, 2.45) is 0 Å². The highest BCUT2D eigenvalue weighted by Gasteiger charge is 2.50. The van der Waals surface area contributed by atoms with Crippen LogP contribution in [0.25, 0.3) is 0 Å². The first kappa shape index (κ1) is 67.2. The van der Waals surface area contributed by atoms with Crippen LogP contribution in [0.2, 0.25) is 0 Å². The van der Waals surface area contributed by atoms with Crippen LogP contribution in [-0.4, -0.2) is 89.2 Å². The average Bonchev–Trinajstić information content (AvgIpc) is 3.37. The van der Waals surface area contributed by atoms with E-state index in [1.165, 1.54) is 83.5 Å². The molecule has 1 aliphatic heterocycles. The van der Waals surface area contributed by atoms with Crippen LogP contribution >= 0.6 is 0 Å². The highest BCUT2D eigenvalue weighted by Crippen LogP contribution is 2.26. The molecule has 0 aromatic rings. The monoisotopic (exact) mass is 1030 g/mol. The highest BCUT2D eigenvalue weighted by molar-refractivity contribution is 5.74. The first-order valence-electron chi connectivity index (χ1n) is 28.9. The van der Waals surface area contributed by atoms with Gasteiger partial charge in [0.25, 0.3) is 0 Å². The van der Waals surface area contributed by atoms with Crippen molar-refractivity contribution in [3.8, 4) is 0 Å². The predicted molar refractivity (Wildman–Crippen MR) is 294 cm³/mol. The van der Waals surface area contributed by atoms with Gasteiger partial charge in [-0.25, -0.2) is 4.79 Å². The van der Waals surface area contributed by atoms with E-state index in [-0.39, 0.29) is 25.9 Å². The zero-order chi connectivity index (χ0) is 53.3. The van der Waals surface area contributed by atoms with Gasteiger partial charge in [0.1, 0.15) is 18.8 Å². The number of hydrogen-bond acceptors (Lipinski definition) is 11. The Bertz CT molecular complexity index is 1550. The summed E-state index contributed by atoms with van der Waals surface area (Å²) in [6, 6.07) is 0. The molecule has 73 heavy (non-hydrogen) atoms. The van der Waals surface area contributed by atoms with Crippen molar-refractivity contribution in [3.05, 3.63) is 72.9 Å². The molecule has 3 N–H and O–H groups in total. The molecule has 1 rings (SSSR count). The van der Waals surface area contributed by atoms with Gasteiger partial charge in [0.15, 0.2) is 24.6 Å². The van der Waals surface area contributed by atoms with Crippen LogP contribution < -0.4 is 0 Å². The lowest BCUT2D eigenvalue weighted by molar-refractivity contribution is -0.301. The fourth-order valence-corrected chi connectivity index (χ4v) is 8.33. The molecule has 12 nitrogen and oxygen atoms in total. The summed E-state index contributed by atoms with van der Waals surface area (Å²) < 4.78 is 28.3. The predicted octanol–water partition coefficient (Wildman–Crippen LogP) is 14.6. The van der Waals surface area contributed by atoms with Gasteiger partial charge in [-0.05, 0) is 89.9 Å². The van der Waals surface area contributed by atoms with E-state index in [0.29, 0.717) is 19.3 Å². The van der Waals surface area contributed by atoms with Crippen molar-refractivity contribution < 1.29 is 58.2 Å². The molecule has 6 atom stereocenters. The van der Waals surface area contributed by atoms with E-state index in [4.69, 9.17) is 23.7 Å². The van der Waals surface area contributed by atoms with E-state index < -0.39 is 67.3 Å². The van der Waals surface area contributed by atoms with E-state index in [0.717, 1.165) is 96.3 Å². The van der Waals surface area contributed by atoms with E-state index in [9.17, 15) is 34.5 Å². The molecule has 12 heteroatoms. The molecule has 0 saturated carbocycles. The molecule has 1 fully saturated rings. The van der Waals surface area contributed by atoms with Gasteiger partial charge in [-0.15, -0.1) is 0 Å². The van der Waals surface area contributed by atoms with Crippen molar-refractivity contribution in [1.82, 2.24) is 0 Å². The quantitative estimate of drug-likeness (QED) is 0.0228. The van der Waals surface area contributed by atoms with E-state index >= 15 is 0 Å². The summed E-state index contributed by atoms with van der Waals surface area (Å²) in [7, 11) is 0. The number of carbonyl (C=O) groups excluding carboxylic acids is 3. The number of unbranched alkanes of at least 4 members (excludes halogenated alkanes) is 22. The van der Waals surface area contributed by atoms with Crippen LogP contribution in [0.4, 0.5) is 0 Å². The van der Waals surface area contributed by atoms with Gasteiger partial charge in [-0.1, -0.05) is 203 Å². The Morgan fingerprint density at radius 3 is 1.37 bits per heavy atom. The van der Waals surface area contributed by atoms with Gasteiger partial charge in [-0.3, -0.25) is 14.4 Å². The fourth-order valence-electron chi connectivity index (χ4n) is 8.33. The molecule has 6 unspecified atom stereocenters. The van der Waals surface area contributed by atoms with Gasteiger partial charge in [0, 0.05) is 19.3 Å². The van der Waals surface area contributed by atoms with Gasteiger partial charge in [0.2, 0.25) is 0 Å². The molecule has 0 aromatic carbocycles. The largest absolute Gasteiger partial charge is 0.479 e. The number of allylic oxidation sites excluding steroid dienone is 12. The summed E-state index contributed by atoms with van der Waals surface area (Å²) in [5.41, 5.74) is 0. The smallest absolute Gasteiger partial charge is 0.335 e. The van der Waals surface area contributed by atoms with Crippen molar-refractivity contribution in [2.45, 2.75) is 276 Å². The summed E-state index contributed by atoms with van der Waals surface area (Å²) in [4.78, 5) is 50.9. The lowest BCUT2D eigenvalue weighted by Crippen LogP contribution is -2.61. The number of aliphatic carboxylic acids is 1. The van der Waals surface area contributed by atoms with Crippen molar-refractivity contribution in [1.29, 1.82) is 0 Å². The molecule has 0 bridgehead atoms. The van der Waals surface area contributed by atoms with Crippen LogP contribution in [0.3, 0.4) is 0 Å². The summed E-state index contributed by atoms with van der Waals surface area (Å²) >= 11 is 0. The maximum absolute atomic E-state index is 13.1. The molecule has 0 aromatic heterocycles. The van der Waals surface area contributed by atoms with Gasteiger partial charge >= 0.3 is 23.9 Å². The number of aliphatic hydroxyl groups excluding tert-OH is 2. The second-order valence-electron chi connectivity index (χ2n) is 19.5. The molecule has 1 heterocycles. The minimum atomic E-state index is -1.91. The Balaban J connectivity index is 2.66. The Morgan fingerprint density at radius 2 is 0.863 bits per heavy atom. The van der Waals surface area contributed by atoms with Crippen LogP contribution in [-0.2, 0) is 42.9 Å². The maximum Gasteiger partial charge on any atom is 0.335 e. The van der Waals surface area contributed by atoms with Crippen molar-refractivity contribution in [3.63, 3.8) is 0 Å². The van der Waals surface area contributed by atoms with Gasteiger partial charge < -0.3 is 39.0 Å². The number of ether oxygens (including phenoxy) is 5. The summed E-state index contributed by atoms with van der Waals surface area (Å²) in [6.07, 6.45) is 48.9. The topological polar surface area (TPSA) is 175 Å². The summed E-state index contributed by atoms with van der Waals surface area (Å²) in [5, 5.41) is 31.4. The maximum atomic E-state index is 13.1. The molecule has 0 spiro atoms. The molecular weight excluding hydrogens is 925 g/mol. The first-order chi connectivity index (χ1) is 35.6. The first-order valence-corrected chi connectivity index (χ1v) is 28.9. The molecular formula is C61H102O12. The number of carboxylic acid groups (broad SMARTS) is 1. The fraction of sp³-hybridized carbons (Fsp3) is 0.738. The Kier molecular flexibility index (Phi) is 45.1. The Morgan fingerprint density at radius 1 is 0.466 bits per heavy atom. The number of carboxylic acids is 1. The third-order valence-electron chi connectivity index (χ3n) is 12.8. The number of aliphatic hydroxyl groups is 2. The molecule has 0 radical (unpaired) electrons. The summed E-state index contributed by atoms with van der Waals surface area (Å²) in [6.45, 7) is 5.79. The normalized spacial score (nSPS) is 18.8. The average molecular weight is 1030 g/mol. The van der Waals surface area contributed by atoms with E-state index in [2.05, 4.69) is 93.7 Å². The van der Waals surface area contributed by atoms with Gasteiger partial charge in [-0.2, -0.15) is 0 Å². The van der Waals surface area contributed by atoms with Crippen LogP contribution in [0.1, 0.15) is 239 Å². The summed E-state index contributed by atoms with van der Waals surface area (Å²) in [5.74, 6) is -3.18. The lowest BCUT2D eigenvalue weighted by Gasteiger charge is -2.40. The third kappa shape index (κ3) is 39.3. The standard InChI is InChI=1S/C61H102O12/c1-4-7-10-13-16-19-21-23-25-26-27-28-30-32-34-37-40-43-46-49-55(64)72-59-57(66)56(65)58(60(67)68)73-61(59)70-51-52(71-54(63)48-45-42-39-35-18-15-12-9-6-3)50-69-53(62)47-44-41-38-36-33-31-29-24-22-20-17-14-11-8-5-2/h8,11,16-17,19-20,23-25,29,33,36,52,56-59,61,65-66H,4-7,9-10,12-15,18,21-22,26-28,30-32,34-35,37-51H2,1-3H3,(H,67,68)/b11-8-,19-16-,20-17-,25-23-,29-24-,36-33-. The molecule has 0 amide bonds. The highest BCUT2D eigenvalue weighted by atomic mass is 16.7. The lowest BCUT2D eigenvalue weighted by atomic mass is 9.98. The number of rotatable bonds is 48. The van der Waals surface area contributed by atoms with Crippen LogP contribution in [0.5, 0.6) is 0 Å². The number of hydrogen-bond donors (Lipinski definition) is 3. The zero-order valence-electron chi connectivity index (χ0n) is 45.9. The molecule has 1 aliphatic rings. The second-order valence-corrected chi connectivity index (χ2v) is 19.5. The molecule has 418 valence electrons. The molecule has 1 saturated heterocycles. The zero-order valence-corrected chi connectivity index (χ0v) is 45.9. The minimum Gasteiger partial charge on any atom is -0.479 e. The van der Waals surface area contributed by atoms with Crippen LogP contribution in [0, 0.1) is 0 Å². The van der Waals surface area contributed by atoms with Crippen LogP contribution in [0.15, 0.2) is 72.9 Å². The van der Waals surface area contributed by atoms with Crippen molar-refractivity contribution in [2.75, 3.05) is 13.2 Å². The number of carbonyl (C=O) groups is 4. The second kappa shape index (κ2) is 49.1. The number of esters is 3. The van der Waals surface area contributed by atoms with Gasteiger partial charge in [0.05, 0.1) is 6.61 Å². The van der Waals surface area contributed by atoms with E-state index in [1.807, 2.05) is 0 Å². The SMILES string of the molecule is CC/C=C\C/C=C\C/C=C\C/C=C\CCCCC(=O)OCC(COC1OC(C(=O)O)C(O)C(O)C1OC(=O)CCCCCCCCCCC/C=C\C/C=C\CCCCC)OC(=O)CCCCCCCCCCC. The third-order valence-corrected chi connectivity index (χ3v) is 12.8. The van der Waals surface area contributed by atoms with Crippen molar-refractivity contribution >= 4 is 23.9 Å². The minimum absolute atomic E-state index is 0.0506. The molecule has 0 aliphatic carbocycles. The van der Waals surface area contributed by atoms with E-state index in [1.54, 1.807) is 0 Å².